The first-order chi connectivity index (χ1) is 25.7. The molecule has 0 aromatic heterocycles. The van der Waals surface area contributed by atoms with E-state index in [1.807, 2.05) is 36.4 Å². The molecule has 11 nitrogen and oxygen atoms in total. The van der Waals surface area contributed by atoms with Gasteiger partial charge in [-0.1, -0.05) is 73.7 Å². The lowest BCUT2D eigenvalue weighted by Crippen LogP contribution is -2.44. The molecule has 274 valence electrons. The Kier molecular flexibility index (Phi) is 11.4. The Balaban J connectivity index is 1.33. The van der Waals surface area contributed by atoms with Crippen molar-refractivity contribution in [3.8, 4) is 11.5 Å². The van der Waals surface area contributed by atoms with E-state index < -0.39 is 17.4 Å². The number of hydrogen-bond donors (Lipinski definition) is 2. The summed E-state index contributed by atoms with van der Waals surface area (Å²) in [6, 6.07) is 28.8. The van der Waals surface area contributed by atoms with Crippen LogP contribution in [-0.2, 0) is 31.3 Å². The van der Waals surface area contributed by atoms with Crippen LogP contribution in [0.25, 0.3) is 0 Å². The topological polar surface area (TPSA) is 137 Å². The maximum atomic E-state index is 14.3. The Morgan fingerprint density at radius 3 is 2.40 bits per heavy atom. The highest BCUT2D eigenvalue weighted by Crippen LogP contribution is 2.49. The summed E-state index contributed by atoms with van der Waals surface area (Å²) in [6.07, 6.45) is 4.43. The maximum Gasteiger partial charge on any atom is 0.305 e. The van der Waals surface area contributed by atoms with Crippen molar-refractivity contribution in [1.29, 1.82) is 0 Å². The third kappa shape index (κ3) is 7.58. The first-order valence-electron chi connectivity index (χ1n) is 17.7. The number of hydrogen-bond acceptors (Lipinski definition) is 8. The molecule has 0 aliphatic carbocycles. The van der Waals surface area contributed by atoms with Crippen LogP contribution in [0.1, 0.15) is 54.1 Å². The van der Waals surface area contributed by atoms with Gasteiger partial charge in [0.1, 0.15) is 5.75 Å². The lowest BCUT2D eigenvalue weighted by atomic mass is 9.82. The van der Waals surface area contributed by atoms with Crippen LogP contribution in [0.3, 0.4) is 0 Å². The number of unbranched alkanes of at least 4 members (excludes halogenated alkanes) is 1. The smallest absolute Gasteiger partial charge is 0.305 e. The molecule has 0 unspecified atom stereocenters. The fraction of sp³-hybridized carbons (Fsp3) is 0.286. The summed E-state index contributed by atoms with van der Waals surface area (Å²) in [5.41, 5.74) is 0.947. The third-order valence-electron chi connectivity index (χ3n) is 9.71. The van der Waals surface area contributed by atoms with E-state index in [9.17, 15) is 29.4 Å². The standard InChI is InChI=1S/C42H43N3O8/c1-29(13-12-20-38(47)43(25-26-46)28-30-14-4-3-5-15-30)42(51)33-27-31(22-23-34(33)44(41(42)50)24-11-10-21-39(48)52-2)45-35-17-7-9-19-37(35)53-36-18-8-6-16-32(36)40(45)49/h3-9,12-19,22-23,27,29,46,51H,10-11,20-21,24-26,28H2,1-2H3/b13-12+/t29-,42+/m0/s1. The highest BCUT2D eigenvalue weighted by Gasteiger charge is 2.52. The summed E-state index contributed by atoms with van der Waals surface area (Å²) in [5.74, 6) is -1.37. The number of carbonyl (C=O) groups excluding carboxylic acids is 4. The van der Waals surface area contributed by atoms with E-state index >= 15 is 0 Å². The lowest BCUT2D eigenvalue weighted by Gasteiger charge is -2.28. The first-order valence-corrected chi connectivity index (χ1v) is 17.7. The molecule has 4 aromatic rings. The molecule has 0 fully saturated rings. The van der Waals surface area contributed by atoms with Gasteiger partial charge in [-0.15, -0.1) is 0 Å². The van der Waals surface area contributed by atoms with Crippen molar-refractivity contribution < 1.29 is 38.9 Å². The zero-order valence-corrected chi connectivity index (χ0v) is 29.8. The molecule has 53 heavy (non-hydrogen) atoms. The van der Waals surface area contributed by atoms with Gasteiger partial charge in [0.25, 0.3) is 11.8 Å². The van der Waals surface area contributed by atoms with Crippen molar-refractivity contribution in [3.63, 3.8) is 0 Å². The molecule has 2 heterocycles. The van der Waals surface area contributed by atoms with E-state index in [1.165, 1.54) is 16.9 Å². The summed E-state index contributed by atoms with van der Waals surface area (Å²) in [4.78, 5) is 58.1. The van der Waals surface area contributed by atoms with Gasteiger partial charge in [0.15, 0.2) is 11.4 Å². The van der Waals surface area contributed by atoms with Crippen LogP contribution in [0.15, 0.2) is 109 Å². The zero-order valence-electron chi connectivity index (χ0n) is 29.8. The fourth-order valence-electron chi connectivity index (χ4n) is 6.86. The molecule has 0 saturated carbocycles. The summed E-state index contributed by atoms with van der Waals surface area (Å²) in [6.45, 7) is 2.25. The van der Waals surface area contributed by atoms with Gasteiger partial charge in [0, 0.05) is 49.6 Å². The monoisotopic (exact) mass is 717 g/mol. The Morgan fingerprint density at radius 2 is 1.64 bits per heavy atom. The third-order valence-corrected chi connectivity index (χ3v) is 9.71. The summed E-state index contributed by atoms with van der Waals surface area (Å²) >= 11 is 0. The van der Waals surface area contributed by atoms with Gasteiger partial charge >= 0.3 is 5.97 Å². The van der Waals surface area contributed by atoms with E-state index in [0.29, 0.717) is 59.1 Å². The molecule has 0 bridgehead atoms. The number of carbonyl (C=O) groups is 4. The number of para-hydroxylation sites is 3. The molecule has 0 spiro atoms. The maximum absolute atomic E-state index is 14.3. The van der Waals surface area contributed by atoms with Gasteiger partial charge in [-0.05, 0) is 60.9 Å². The zero-order chi connectivity index (χ0) is 37.5. The molecule has 2 aliphatic rings. The van der Waals surface area contributed by atoms with Crippen molar-refractivity contribution in [1.82, 2.24) is 4.90 Å². The largest absolute Gasteiger partial charge is 0.469 e. The number of fused-ring (bicyclic) bond motifs is 3. The van der Waals surface area contributed by atoms with Gasteiger partial charge in [-0.3, -0.25) is 24.1 Å². The van der Waals surface area contributed by atoms with Crippen molar-refractivity contribution in [2.75, 3.05) is 36.6 Å². The van der Waals surface area contributed by atoms with Crippen LogP contribution >= 0.6 is 0 Å². The van der Waals surface area contributed by atoms with Crippen LogP contribution in [0.5, 0.6) is 11.5 Å². The number of anilines is 3. The summed E-state index contributed by atoms with van der Waals surface area (Å²) < 4.78 is 10.9. The first kappa shape index (κ1) is 37.0. The van der Waals surface area contributed by atoms with Crippen molar-refractivity contribution in [2.24, 2.45) is 5.92 Å². The Labute approximate surface area is 308 Å². The van der Waals surface area contributed by atoms with E-state index in [1.54, 1.807) is 84.6 Å². The predicted molar refractivity (Wildman–Crippen MR) is 200 cm³/mol. The van der Waals surface area contributed by atoms with E-state index in [4.69, 9.17) is 9.47 Å². The number of methoxy groups -OCH3 is 1. The van der Waals surface area contributed by atoms with E-state index in [2.05, 4.69) is 0 Å². The van der Waals surface area contributed by atoms with Crippen LogP contribution in [0.2, 0.25) is 0 Å². The van der Waals surface area contributed by atoms with Crippen LogP contribution in [0, 0.1) is 5.92 Å². The molecule has 0 saturated heterocycles. The summed E-state index contributed by atoms with van der Waals surface area (Å²) in [5, 5.41) is 22.1. The second-order valence-electron chi connectivity index (χ2n) is 13.1. The predicted octanol–water partition coefficient (Wildman–Crippen LogP) is 6.25. The molecule has 0 radical (unpaired) electrons. The minimum absolute atomic E-state index is 0.00987. The molecular formula is C42H43N3O8. The number of ether oxygens (including phenoxy) is 2. The lowest BCUT2D eigenvalue weighted by molar-refractivity contribution is -0.140. The molecule has 2 N–H and O–H groups in total. The minimum atomic E-state index is -2.05. The second kappa shape index (κ2) is 16.3. The quantitative estimate of drug-likeness (QED) is 0.0888. The molecule has 2 aliphatic heterocycles. The Bertz CT molecular complexity index is 2010. The highest BCUT2D eigenvalue weighted by atomic mass is 16.5. The molecule has 4 aromatic carbocycles. The number of aliphatic hydroxyl groups excluding tert-OH is 1. The van der Waals surface area contributed by atoms with Gasteiger partial charge in [0.2, 0.25) is 5.91 Å². The normalized spacial score (nSPS) is 16.8. The van der Waals surface area contributed by atoms with Gasteiger partial charge < -0.3 is 29.5 Å². The average Bonchev–Trinajstić information content (AvgIpc) is 3.30. The Hall–Kier alpha value is -5.78. The van der Waals surface area contributed by atoms with Crippen LogP contribution in [0.4, 0.5) is 17.1 Å². The van der Waals surface area contributed by atoms with E-state index in [0.717, 1.165) is 5.56 Å². The van der Waals surface area contributed by atoms with E-state index in [-0.39, 0.29) is 50.3 Å². The van der Waals surface area contributed by atoms with Crippen molar-refractivity contribution in [3.05, 3.63) is 126 Å². The molecule has 3 amide bonds. The number of aliphatic hydroxyl groups is 2. The van der Waals surface area contributed by atoms with Gasteiger partial charge in [-0.2, -0.15) is 0 Å². The van der Waals surface area contributed by atoms with Crippen molar-refractivity contribution >= 4 is 40.8 Å². The van der Waals surface area contributed by atoms with Crippen LogP contribution < -0.4 is 14.5 Å². The fourth-order valence-corrected chi connectivity index (χ4v) is 6.86. The Morgan fingerprint density at radius 1 is 0.925 bits per heavy atom. The minimum Gasteiger partial charge on any atom is -0.469 e. The SMILES string of the molecule is COC(=O)CCCCN1C(=O)[C@@](O)([C@@H](C)/C=C/CC(=O)N(CCO)Cc2ccccc2)c2cc(N3C(=O)c4ccccc4Oc4ccccc43)ccc21. The number of amides is 3. The number of nitrogens with zero attached hydrogens (tertiary/aromatic N) is 3. The summed E-state index contributed by atoms with van der Waals surface area (Å²) in [7, 11) is 1.33. The number of rotatable bonds is 14. The number of esters is 1. The molecular weight excluding hydrogens is 674 g/mol. The number of benzene rings is 4. The highest BCUT2D eigenvalue weighted by molar-refractivity contribution is 6.15. The van der Waals surface area contributed by atoms with Gasteiger partial charge in [0.05, 0.1) is 30.7 Å². The average molecular weight is 718 g/mol. The molecule has 11 heteroatoms. The van der Waals surface area contributed by atoms with Crippen molar-refractivity contribution in [2.45, 2.75) is 44.8 Å². The second-order valence-corrected chi connectivity index (χ2v) is 13.1. The van der Waals surface area contributed by atoms with Crippen LogP contribution in [-0.4, -0.2) is 65.6 Å². The molecule has 6 rings (SSSR count). The van der Waals surface area contributed by atoms with Gasteiger partial charge in [-0.25, -0.2) is 0 Å². The molecule has 2 atom stereocenters.